The highest BCUT2D eigenvalue weighted by Gasteiger charge is 2.21. The number of benzene rings is 7. The Bertz CT molecular complexity index is 2720. The first-order valence-corrected chi connectivity index (χ1v) is 15.5. The van der Waals surface area contributed by atoms with Gasteiger partial charge in [-0.15, -0.1) is 11.3 Å². The van der Waals surface area contributed by atoms with Crippen LogP contribution in [0.2, 0.25) is 0 Å². The highest BCUT2D eigenvalue weighted by molar-refractivity contribution is 7.26. The van der Waals surface area contributed by atoms with Crippen LogP contribution in [0.15, 0.2) is 146 Å². The van der Waals surface area contributed by atoms with Crippen LogP contribution in [0.5, 0.6) is 0 Å². The van der Waals surface area contributed by atoms with Crippen molar-refractivity contribution >= 4 is 85.9 Å². The van der Waals surface area contributed by atoms with E-state index in [1.54, 1.807) is 0 Å². The minimum Gasteiger partial charge on any atom is -0.309 e. The van der Waals surface area contributed by atoms with Gasteiger partial charge in [0.25, 0.3) is 0 Å². The van der Waals surface area contributed by atoms with Crippen molar-refractivity contribution in [3.8, 4) is 11.4 Å². The first kappa shape index (κ1) is 23.2. The predicted octanol–water partition coefficient (Wildman–Crippen LogP) is 11.4. The summed E-state index contributed by atoms with van der Waals surface area (Å²) in [7, 11) is 0. The summed E-state index contributed by atoms with van der Waals surface area (Å²) in [5.41, 5.74) is 7.39. The topological polar surface area (TPSA) is 9.86 Å². The second-order valence-electron chi connectivity index (χ2n) is 11.3. The summed E-state index contributed by atoms with van der Waals surface area (Å²) in [5.74, 6) is 0. The normalized spacial score (nSPS) is 12.2. The van der Waals surface area contributed by atoms with Gasteiger partial charge < -0.3 is 9.13 Å². The van der Waals surface area contributed by atoms with Crippen molar-refractivity contribution in [3.63, 3.8) is 0 Å². The predicted molar refractivity (Wildman–Crippen MR) is 186 cm³/mol. The van der Waals surface area contributed by atoms with Crippen molar-refractivity contribution in [2.45, 2.75) is 0 Å². The highest BCUT2D eigenvalue weighted by Crippen LogP contribution is 2.44. The molecule has 0 bridgehead atoms. The van der Waals surface area contributed by atoms with E-state index in [-0.39, 0.29) is 0 Å². The van der Waals surface area contributed by atoms with Crippen molar-refractivity contribution in [2.24, 2.45) is 0 Å². The van der Waals surface area contributed by atoms with Crippen molar-refractivity contribution in [2.75, 3.05) is 0 Å². The molecule has 43 heavy (non-hydrogen) atoms. The maximum atomic E-state index is 2.52. The maximum Gasteiger partial charge on any atom is 0.0641 e. The molecule has 3 aromatic heterocycles. The van der Waals surface area contributed by atoms with E-state index < -0.39 is 0 Å². The molecular formula is C40H24N2S. The molecule has 0 aliphatic carbocycles. The lowest BCUT2D eigenvalue weighted by Gasteiger charge is -2.13. The van der Waals surface area contributed by atoms with Crippen LogP contribution in [0, 0.1) is 0 Å². The number of para-hydroxylation sites is 3. The third-order valence-electron chi connectivity index (χ3n) is 9.10. The average molecular weight is 565 g/mol. The molecule has 7 aromatic carbocycles. The van der Waals surface area contributed by atoms with Gasteiger partial charge in [0.15, 0.2) is 0 Å². The molecule has 0 saturated heterocycles. The van der Waals surface area contributed by atoms with Crippen LogP contribution in [0.4, 0.5) is 0 Å². The quantitative estimate of drug-likeness (QED) is 0.198. The first-order valence-electron chi connectivity index (χ1n) is 14.7. The minimum atomic E-state index is 1.18. The zero-order valence-corrected chi connectivity index (χ0v) is 24.0. The molecule has 10 aromatic rings. The van der Waals surface area contributed by atoms with E-state index in [2.05, 4.69) is 155 Å². The first-order chi connectivity index (χ1) is 21.4. The van der Waals surface area contributed by atoms with E-state index in [4.69, 9.17) is 0 Å². The van der Waals surface area contributed by atoms with Gasteiger partial charge in [-0.1, -0.05) is 109 Å². The molecule has 0 aliphatic heterocycles. The number of fused-ring (bicyclic) bond motifs is 12. The Hall–Kier alpha value is -5.38. The summed E-state index contributed by atoms with van der Waals surface area (Å²) in [4.78, 5) is 0. The number of hydrogen-bond donors (Lipinski definition) is 0. The van der Waals surface area contributed by atoms with Gasteiger partial charge in [0.1, 0.15) is 0 Å². The molecule has 3 heterocycles. The Kier molecular flexibility index (Phi) is 4.63. The van der Waals surface area contributed by atoms with Gasteiger partial charge >= 0.3 is 0 Å². The Labute approximate surface area is 251 Å². The van der Waals surface area contributed by atoms with E-state index in [9.17, 15) is 0 Å². The monoisotopic (exact) mass is 564 g/mol. The molecule has 0 N–H and O–H groups in total. The molecule has 0 unspecified atom stereocenters. The lowest BCUT2D eigenvalue weighted by molar-refractivity contribution is 1.19. The minimum absolute atomic E-state index is 1.18. The Morgan fingerprint density at radius 2 is 0.860 bits per heavy atom. The third kappa shape index (κ3) is 3.07. The molecule has 0 saturated carbocycles. The fourth-order valence-corrected chi connectivity index (χ4v) is 8.53. The largest absolute Gasteiger partial charge is 0.309 e. The second-order valence-corrected chi connectivity index (χ2v) is 12.4. The van der Waals surface area contributed by atoms with Gasteiger partial charge in [-0.3, -0.25) is 0 Å². The average Bonchev–Trinajstić information content (AvgIpc) is 3.73. The van der Waals surface area contributed by atoms with Crippen LogP contribution in [-0.4, -0.2) is 9.13 Å². The molecule has 0 spiro atoms. The molecule has 200 valence electrons. The lowest BCUT2D eigenvalue weighted by Crippen LogP contribution is -1.96. The van der Waals surface area contributed by atoms with Gasteiger partial charge in [-0.2, -0.15) is 0 Å². The molecule has 0 amide bonds. The Morgan fingerprint density at radius 3 is 1.56 bits per heavy atom. The fraction of sp³-hybridized carbons (Fsp3) is 0. The highest BCUT2D eigenvalue weighted by atomic mass is 32.1. The second kappa shape index (κ2) is 8.57. The SMILES string of the molecule is c1ccc(-n2c3ccccc3c3ccc4c(ccc5c6ccccc6n(-c6cccc7c6sc6ccccc67)c54)c32)cc1. The van der Waals surface area contributed by atoms with Crippen LogP contribution >= 0.6 is 11.3 Å². The van der Waals surface area contributed by atoms with Gasteiger partial charge in [-0.05, 0) is 36.4 Å². The zero-order chi connectivity index (χ0) is 28.1. The van der Waals surface area contributed by atoms with Crippen LogP contribution in [0.25, 0.3) is 85.9 Å². The molecule has 0 aliphatic rings. The molecule has 0 radical (unpaired) electrons. The van der Waals surface area contributed by atoms with E-state index in [1.165, 1.54) is 85.9 Å². The number of thiophene rings is 1. The number of aromatic nitrogens is 2. The number of rotatable bonds is 2. The van der Waals surface area contributed by atoms with Crippen molar-refractivity contribution in [1.82, 2.24) is 9.13 Å². The van der Waals surface area contributed by atoms with E-state index >= 15 is 0 Å². The third-order valence-corrected chi connectivity index (χ3v) is 10.3. The lowest BCUT2D eigenvalue weighted by atomic mass is 10.0. The van der Waals surface area contributed by atoms with Crippen LogP contribution in [0.1, 0.15) is 0 Å². The van der Waals surface area contributed by atoms with E-state index in [0.717, 1.165) is 0 Å². The molecule has 0 fully saturated rings. The number of hydrogen-bond acceptors (Lipinski definition) is 1. The van der Waals surface area contributed by atoms with Gasteiger partial charge in [-0.25, -0.2) is 0 Å². The number of nitrogens with zero attached hydrogens (tertiary/aromatic N) is 2. The van der Waals surface area contributed by atoms with Gasteiger partial charge in [0, 0.05) is 53.5 Å². The summed E-state index contributed by atoms with van der Waals surface area (Å²) < 4.78 is 7.61. The summed E-state index contributed by atoms with van der Waals surface area (Å²) in [6, 6.07) is 53.3. The van der Waals surface area contributed by atoms with Crippen LogP contribution in [-0.2, 0) is 0 Å². The summed E-state index contributed by atoms with van der Waals surface area (Å²) in [5, 5.41) is 10.3. The Morgan fingerprint density at radius 1 is 0.349 bits per heavy atom. The maximum absolute atomic E-state index is 2.52. The van der Waals surface area contributed by atoms with Gasteiger partial charge in [0.05, 0.1) is 32.5 Å². The molecular weight excluding hydrogens is 541 g/mol. The zero-order valence-electron chi connectivity index (χ0n) is 23.2. The smallest absolute Gasteiger partial charge is 0.0641 e. The van der Waals surface area contributed by atoms with Gasteiger partial charge in [0.2, 0.25) is 0 Å². The van der Waals surface area contributed by atoms with E-state index in [1.807, 2.05) is 11.3 Å². The molecule has 10 rings (SSSR count). The standard InChI is InChI=1S/C40H24N2S/c1-2-11-25(12-3-1)41-34-17-7-4-13-26(34)29-21-24-32-31(38(29)41)23-22-30-27-14-5-8-18-35(27)42(39(30)32)36-19-10-16-33-28-15-6-9-20-37(28)43-40(33)36/h1-24H. The Balaban J connectivity index is 1.42. The molecule has 3 heteroatoms. The van der Waals surface area contributed by atoms with Crippen molar-refractivity contribution in [3.05, 3.63) is 146 Å². The van der Waals surface area contributed by atoms with E-state index in [0.29, 0.717) is 0 Å². The summed E-state index contributed by atoms with van der Waals surface area (Å²) in [6.07, 6.45) is 0. The fourth-order valence-electron chi connectivity index (χ4n) is 7.33. The van der Waals surface area contributed by atoms with Crippen LogP contribution < -0.4 is 0 Å². The van der Waals surface area contributed by atoms with Crippen LogP contribution in [0.3, 0.4) is 0 Å². The van der Waals surface area contributed by atoms with Crippen molar-refractivity contribution in [1.29, 1.82) is 0 Å². The molecule has 2 nitrogen and oxygen atoms in total. The van der Waals surface area contributed by atoms with Crippen molar-refractivity contribution < 1.29 is 0 Å². The molecule has 0 atom stereocenters. The summed E-state index contributed by atoms with van der Waals surface area (Å²) >= 11 is 1.89. The summed E-state index contributed by atoms with van der Waals surface area (Å²) in [6.45, 7) is 0.